The predicted octanol–water partition coefficient (Wildman–Crippen LogP) is 2.82. The molecular weight excluding hydrogens is 310 g/mol. The lowest BCUT2D eigenvalue weighted by Gasteiger charge is -2.04. The molecular formula is C17H11N3O4. The van der Waals surface area contributed by atoms with E-state index in [9.17, 15) is 4.79 Å². The van der Waals surface area contributed by atoms with Crippen LogP contribution in [-0.4, -0.2) is 15.2 Å². The molecule has 4 aromatic rings. The fourth-order valence-electron chi connectivity index (χ4n) is 2.19. The minimum absolute atomic E-state index is 0.107. The van der Waals surface area contributed by atoms with Crippen LogP contribution in [0.15, 0.2) is 68.5 Å². The van der Waals surface area contributed by atoms with Crippen molar-refractivity contribution in [3.63, 3.8) is 0 Å². The van der Waals surface area contributed by atoms with Crippen LogP contribution < -0.4 is 10.4 Å². The van der Waals surface area contributed by atoms with E-state index in [1.165, 1.54) is 6.07 Å². The lowest BCUT2D eigenvalue weighted by atomic mass is 10.2. The molecule has 7 heteroatoms. The summed E-state index contributed by atoms with van der Waals surface area (Å²) in [6.07, 6.45) is 3.31. The van der Waals surface area contributed by atoms with Crippen LogP contribution in [0.2, 0.25) is 0 Å². The first-order valence-electron chi connectivity index (χ1n) is 7.17. The molecule has 0 saturated heterocycles. The van der Waals surface area contributed by atoms with Crippen molar-refractivity contribution in [1.82, 2.24) is 15.2 Å². The lowest BCUT2D eigenvalue weighted by Crippen LogP contribution is -1.97. The highest BCUT2D eigenvalue weighted by atomic mass is 16.5. The molecule has 0 aliphatic rings. The number of rotatable bonds is 4. The Kier molecular flexibility index (Phi) is 3.51. The molecule has 0 bridgehead atoms. The Morgan fingerprint density at radius 1 is 1.04 bits per heavy atom. The fraction of sp³-hybridized carbons (Fsp3) is 0.0588. The van der Waals surface area contributed by atoms with Gasteiger partial charge in [-0.3, -0.25) is 4.98 Å². The van der Waals surface area contributed by atoms with Crippen LogP contribution in [0.3, 0.4) is 0 Å². The smallest absolute Gasteiger partial charge is 0.336 e. The molecule has 0 unspecified atom stereocenters. The second kappa shape index (κ2) is 5.96. The maximum Gasteiger partial charge on any atom is 0.336 e. The largest absolute Gasteiger partial charge is 0.484 e. The van der Waals surface area contributed by atoms with Crippen molar-refractivity contribution in [1.29, 1.82) is 0 Å². The molecule has 4 rings (SSSR count). The van der Waals surface area contributed by atoms with Gasteiger partial charge in [-0.1, -0.05) is 0 Å². The van der Waals surface area contributed by atoms with Crippen molar-refractivity contribution in [3.05, 3.63) is 71.2 Å². The monoisotopic (exact) mass is 321 g/mol. The normalized spacial score (nSPS) is 10.8. The molecule has 0 radical (unpaired) electrons. The predicted molar refractivity (Wildman–Crippen MR) is 84.3 cm³/mol. The van der Waals surface area contributed by atoms with Crippen LogP contribution in [0.5, 0.6) is 5.75 Å². The van der Waals surface area contributed by atoms with Gasteiger partial charge in [-0.15, -0.1) is 10.2 Å². The fourth-order valence-corrected chi connectivity index (χ4v) is 2.19. The zero-order chi connectivity index (χ0) is 16.4. The van der Waals surface area contributed by atoms with E-state index in [1.54, 1.807) is 36.7 Å². The Balaban J connectivity index is 1.51. The van der Waals surface area contributed by atoms with Gasteiger partial charge in [-0.2, -0.15) is 0 Å². The van der Waals surface area contributed by atoms with Crippen LogP contribution in [0.1, 0.15) is 5.89 Å². The van der Waals surface area contributed by atoms with Gasteiger partial charge >= 0.3 is 5.63 Å². The number of nitrogens with zero attached hydrogens (tertiary/aromatic N) is 3. The second-order valence-corrected chi connectivity index (χ2v) is 4.99. The van der Waals surface area contributed by atoms with Gasteiger partial charge in [0.05, 0.1) is 5.56 Å². The van der Waals surface area contributed by atoms with Crippen LogP contribution >= 0.6 is 0 Å². The van der Waals surface area contributed by atoms with E-state index >= 15 is 0 Å². The Bertz CT molecular complexity index is 1040. The summed E-state index contributed by atoms with van der Waals surface area (Å²) in [7, 11) is 0. The summed E-state index contributed by atoms with van der Waals surface area (Å²) in [6, 6.07) is 11.9. The van der Waals surface area contributed by atoms with E-state index < -0.39 is 5.63 Å². The zero-order valence-electron chi connectivity index (χ0n) is 12.4. The maximum absolute atomic E-state index is 11.3. The first kappa shape index (κ1) is 14.1. The number of ether oxygens (including phenoxy) is 1. The first-order chi connectivity index (χ1) is 11.8. The van der Waals surface area contributed by atoms with E-state index in [0.29, 0.717) is 23.1 Å². The standard InChI is InChI=1S/C17H11N3O4/c21-16-6-4-11-3-5-13(8-14(11)23-16)22-10-15-19-20-17(24-15)12-2-1-7-18-9-12/h1-9H,10H2. The molecule has 3 aromatic heterocycles. The molecule has 7 nitrogen and oxygen atoms in total. The van der Waals surface area contributed by atoms with Gasteiger partial charge < -0.3 is 13.6 Å². The third-order valence-corrected chi connectivity index (χ3v) is 3.33. The molecule has 1 aromatic carbocycles. The molecule has 0 saturated carbocycles. The zero-order valence-corrected chi connectivity index (χ0v) is 12.4. The second-order valence-electron chi connectivity index (χ2n) is 4.99. The minimum Gasteiger partial charge on any atom is -0.484 e. The highest BCUT2D eigenvalue weighted by Gasteiger charge is 2.09. The Morgan fingerprint density at radius 3 is 2.83 bits per heavy atom. The van der Waals surface area contributed by atoms with Gasteiger partial charge in [0.25, 0.3) is 5.89 Å². The summed E-state index contributed by atoms with van der Waals surface area (Å²) in [5, 5.41) is 8.72. The van der Waals surface area contributed by atoms with Crippen LogP contribution in [0.4, 0.5) is 0 Å². The van der Waals surface area contributed by atoms with Crippen molar-refractivity contribution in [3.8, 4) is 17.2 Å². The summed E-state index contributed by atoms with van der Waals surface area (Å²) in [6.45, 7) is 0.107. The van der Waals surface area contributed by atoms with Crippen molar-refractivity contribution >= 4 is 11.0 Å². The average molecular weight is 321 g/mol. The Morgan fingerprint density at radius 2 is 1.96 bits per heavy atom. The maximum atomic E-state index is 11.3. The van der Waals surface area contributed by atoms with Crippen molar-refractivity contribution < 1.29 is 13.6 Å². The molecule has 3 heterocycles. The summed E-state index contributed by atoms with van der Waals surface area (Å²) in [5.41, 5.74) is 0.794. The van der Waals surface area contributed by atoms with Crippen molar-refractivity contribution in [2.24, 2.45) is 0 Å². The van der Waals surface area contributed by atoms with Gasteiger partial charge in [-0.05, 0) is 30.3 Å². The molecule has 0 spiro atoms. The SMILES string of the molecule is O=c1ccc2ccc(OCc3nnc(-c4cccnc4)o3)cc2o1. The number of hydrogen-bond acceptors (Lipinski definition) is 7. The summed E-state index contributed by atoms with van der Waals surface area (Å²) < 4.78 is 16.3. The van der Waals surface area contributed by atoms with Gasteiger partial charge in [0.1, 0.15) is 11.3 Å². The molecule has 0 N–H and O–H groups in total. The molecule has 0 aliphatic heterocycles. The molecule has 118 valence electrons. The Hall–Kier alpha value is -3.48. The summed E-state index contributed by atoms with van der Waals surface area (Å²) in [4.78, 5) is 15.3. The Labute approximate surface area is 135 Å². The number of fused-ring (bicyclic) bond motifs is 1. The average Bonchev–Trinajstić information content (AvgIpc) is 3.09. The summed E-state index contributed by atoms with van der Waals surface area (Å²) >= 11 is 0. The lowest BCUT2D eigenvalue weighted by molar-refractivity contribution is 0.264. The minimum atomic E-state index is -0.405. The topological polar surface area (TPSA) is 91.2 Å². The van der Waals surface area contributed by atoms with Crippen molar-refractivity contribution in [2.45, 2.75) is 6.61 Å². The molecule has 0 fully saturated rings. The highest BCUT2D eigenvalue weighted by molar-refractivity contribution is 5.77. The molecule has 0 atom stereocenters. The highest BCUT2D eigenvalue weighted by Crippen LogP contribution is 2.21. The van der Waals surface area contributed by atoms with E-state index in [1.807, 2.05) is 12.1 Å². The van der Waals surface area contributed by atoms with Gasteiger partial charge in [0.15, 0.2) is 6.61 Å². The van der Waals surface area contributed by atoms with E-state index in [2.05, 4.69) is 15.2 Å². The third kappa shape index (κ3) is 2.87. The van der Waals surface area contributed by atoms with Gasteiger partial charge in [0.2, 0.25) is 5.89 Å². The quantitative estimate of drug-likeness (QED) is 0.534. The molecule has 24 heavy (non-hydrogen) atoms. The van der Waals surface area contributed by atoms with Gasteiger partial charge in [0, 0.05) is 29.9 Å². The number of pyridine rings is 1. The number of aromatic nitrogens is 3. The van der Waals surface area contributed by atoms with Crippen molar-refractivity contribution in [2.75, 3.05) is 0 Å². The molecule has 0 amide bonds. The van der Waals surface area contributed by atoms with E-state index in [-0.39, 0.29) is 6.61 Å². The van der Waals surface area contributed by atoms with E-state index in [4.69, 9.17) is 13.6 Å². The number of hydrogen-bond donors (Lipinski definition) is 0. The summed E-state index contributed by atoms with van der Waals surface area (Å²) in [5.74, 6) is 1.26. The van der Waals surface area contributed by atoms with Crippen LogP contribution in [-0.2, 0) is 6.61 Å². The first-order valence-corrected chi connectivity index (χ1v) is 7.17. The van der Waals surface area contributed by atoms with E-state index in [0.717, 1.165) is 10.9 Å². The van der Waals surface area contributed by atoms with Crippen LogP contribution in [0, 0.1) is 0 Å². The molecule has 0 aliphatic carbocycles. The third-order valence-electron chi connectivity index (χ3n) is 3.33. The van der Waals surface area contributed by atoms with Crippen LogP contribution in [0.25, 0.3) is 22.4 Å². The van der Waals surface area contributed by atoms with Gasteiger partial charge in [-0.25, -0.2) is 4.79 Å². The number of benzene rings is 1.